The van der Waals surface area contributed by atoms with Crippen LogP contribution in [0.15, 0.2) is 53.1 Å². The number of aromatic nitrogens is 2. The number of anilines is 1. The van der Waals surface area contributed by atoms with Crippen LogP contribution < -0.4 is 10.1 Å². The van der Waals surface area contributed by atoms with Gasteiger partial charge < -0.3 is 14.6 Å². The maximum atomic E-state index is 12.7. The molecular formula is C20H18F3N3O3. The van der Waals surface area contributed by atoms with Gasteiger partial charge >= 0.3 is 6.18 Å². The SMILES string of the molecule is CC(C)c1noc(-c2ccc(OCC(=O)Nc3cccc(C(F)(F)F)c3)cc2)n1. The van der Waals surface area contributed by atoms with Gasteiger partial charge in [-0.3, -0.25) is 4.79 Å². The fourth-order valence-corrected chi connectivity index (χ4v) is 2.40. The largest absolute Gasteiger partial charge is 0.484 e. The van der Waals surface area contributed by atoms with Gasteiger partial charge in [0.2, 0.25) is 0 Å². The molecule has 0 saturated heterocycles. The van der Waals surface area contributed by atoms with E-state index in [9.17, 15) is 18.0 Å². The van der Waals surface area contributed by atoms with Crippen LogP contribution in [-0.2, 0) is 11.0 Å². The van der Waals surface area contributed by atoms with E-state index in [1.807, 2.05) is 13.8 Å². The molecule has 0 saturated carbocycles. The zero-order chi connectivity index (χ0) is 21.0. The molecule has 3 aromatic rings. The summed E-state index contributed by atoms with van der Waals surface area (Å²) >= 11 is 0. The van der Waals surface area contributed by atoms with E-state index in [0.717, 1.165) is 12.1 Å². The van der Waals surface area contributed by atoms with E-state index in [0.29, 0.717) is 23.0 Å². The van der Waals surface area contributed by atoms with Crippen molar-refractivity contribution in [1.82, 2.24) is 10.1 Å². The topological polar surface area (TPSA) is 77.2 Å². The number of hydrogen-bond acceptors (Lipinski definition) is 5. The molecule has 0 aliphatic heterocycles. The Morgan fingerprint density at radius 3 is 2.52 bits per heavy atom. The molecule has 1 N–H and O–H groups in total. The van der Waals surface area contributed by atoms with Crippen LogP contribution in [-0.4, -0.2) is 22.7 Å². The van der Waals surface area contributed by atoms with Gasteiger partial charge in [-0.25, -0.2) is 0 Å². The number of ether oxygens (including phenoxy) is 1. The van der Waals surface area contributed by atoms with E-state index < -0.39 is 17.6 Å². The summed E-state index contributed by atoms with van der Waals surface area (Å²) in [4.78, 5) is 16.2. The number of alkyl halides is 3. The summed E-state index contributed by atoms with van der Waals surface area (Å²) in [5.41, 5.74) is -0.0975. The van der Waals surface area contributed by atoms with Crippen LogP contribution >= 0.6 is 0 Å². The monoisotopic (exact) mass is 405 g/mol. The first-order chi connectivity index (χ1) is 13.7. The number of halogens is 3. The molecule has 2 aromatic carbocycles. The predicted octanol–water partition coefficient (Wildman–Crippen LogP) is 4.90. The van der Waals surface area contributed by atoms with E-state index in [4.69, 9.17) is 9.26 Å². The highest BCUT2D eigenvalue weighted by Crippen LogP contribution is 2.30. The number of benzene rings is 2. The third kappa shape index (κ3) is 5.34. The minimum absolute atomic E-state index is 0.0427. The van der Waals surface area contributed by atoms with Crippen molar-refractivity contribution >= 4 is 11.6 Å². The molecule has 0 radical (unpaired) electrons. The standard InChI is InChI=1S/C20H18F3N3O3/c1-12(2)18-25-19(29-26-18)13-6-8-16(9-7-13)28-11-17(27)24-15-5-3-4-14(10-15)20(21,22)23/h3-10,12H,11H2,1-2H3,(H,24,27). The van der Waals surface area contributed by atoms with Crippen molar-refractivity contribution < 1.29 is 27.2 Å². The number of hydrogen-bond donors (Lipinski definition) is 1. The van der Waals surface area contributed by atoms with E-state index in [1.54, 1.807) is 24.3 Å². The molecular weight excluding hydrogens is 387 g/mol. The first kappa shape index (κ1) is 20.4. The van der Waals surface area contributed by atoms with Crippen LogP contribution in [0.3, 0.4) is 0 Å². The second-order valence-corrected chi connectivity index (χ2v) is 6.55. The van der Waals surface area contributed by atoms with Crippen molar-refractivity contribution in [3.05, 3.63) is 59.9 Å². The second-order valence-electron chi connectivity index (χ2n) is 6.55. The third-order valence-corrected chi connectivity index (χ3v) is 3.90. The molecule has 0 fully saturated rings. The van der Waals surface area contributed by atoms with Crippen molar-refractivity contribution in [3.63, 3.8) is 0 Å². The fourth-order valence-electron chi connectivity index (χ4n) is 2.40. The summed E-state index contributed by atoms with van der Waals surface area (Å²) in [6.07, 6.45) is -4.48. The summed E-state index contributed by atoms with van der Waals surface area (Å²) in [6.45, 7) is 3.56. The highest BCUT2D eigenvalue weighted by molar-refractivity contribution is 5.91. The van der Waals surface area contributed by atoms with Crippen molar-refractivity contribution in [2.24, 2.45) is 0 Å². The van der Waals surface area contributed by atoms with E-state index in [2.05, 4.69) is 15.5 Å². The van der Waals surface area contributed by atoms with Gasteiger partial charge in [0.05, 0.1) is 5.56 Å². The Hall–Kier alpha value is -3.36. The van der Waals surface area contributed by atoms with Crippen molar-refractivity contribution in [1.29, 1.82) is 0 Å². The molecule has 1 aromatic heterocycles. The minimum atomic E-state index is -4.48. The first-order valence-corrected chi connectivity index (χ1v) is 8.76. The van der Waals surface area contributed by atoms with Gasteiger partial charge in [0, 0.05) is 17.2 Å². The molecule has 0 atom stereocenters. The Bertz CT molecular complexity index is 982. The summed E-state index contributed by atoms with van der Waals surface area (Å²) in [7, 11) is 0. The number of rotatable bonds is 6. The lowest BCUT2D eigenvalue weighted by Gasteiger charge is -2.10. The Morgan fingerprint density at radius 2 is 1.90 bits per heavy atom. The number of carbonyl (C=O) groups is 1. The lowest BCUT2D eigenvalue weighted by molar-refractivity contribution is -0.137. The van der Waals surface area contributed by atoms with Crippen LogP contribution in [0.1, 0.15) is 31.2 Å². The van der Waals surface area contributed by atoms with Crippen molar-refractivity contribution in [2.75, 3.05) is 11.9 Å². The minimum Gasteiger partial charge on any atom is -0.484 e. The lowest BCUT2D eigenvalue weighted by Crippen LogP contribution is -2.20. The van der Waals surface area contributed by atoms with E-state index in [1.165, 1.54) is 12.1 Å². The average Bonchev–Trinajstić information content (AvgIpc) is 3.17. The molecule has 29 heavy (non-hydrogen) atoms. The molecule has 0 unspecified atom stereocenters. The van der Waals surface area contributed by atoms with E-state index >= 15 is 0 Å². The smallest absolute Gasteiger partial charge is 0.416 e. The molecule has 0 bridgehead atoms. The zero-order valence-corrected chi connectivity index (χ0v) is 15.7. The lowest BCUT2D eigenvalue weighted by atomic mass is 10.2. The molecule has 152 valence electrons. The average molecular weight is 405 g/mol. The van der Waals surface area contributed by atoms with Crippen LogP contribution in [0.2, 0.25) is 0 Å². The molecule has 0 aliphatic rings. The van der Waals surface area contributed by atoms with Gasteiger partial charge in [-0.15, -0.1) is 0 Å². The van der Waals surface area contributed by atoms with Gasteiger partial charge in [-0.2, -0.15) is 18.2 Å². The maximum absolute atomic E-state index is 12.7. The molecule has 9 heteroatoms. The van der Waals surface area contributed by atoms with E-state index in [-0.39, 0.29) is 18.2 Å². The molecule has 3 rings (SSSR count). The van der Waals surface area contributed by atoms with Crippen LogP contribution in [0.5, 0.6) is 5.75 Å². The maximum Gasteiger partial charge on any atom is 0.416 e. The fraction of sp³-hybridized carbons (Fsp3) is 0.250. The summed E-state index contributed by atoms with van der Waals surface area (Å²) in [5.74, 6) is 0.961. The quantitative estimate of drug-likeness (QED) is 0.631. The molecule has 1 amide bonds. The van der Waals surface area contributed by atoms with Crippen LogP contribution in [0, 0.1) is 0 Å². The summed E-state index contributed by atoms with van der Waals surface area (Å²) in [6, 6.07) is 11.1. The van der Waals surface area contributed by atoms with Gasteiger partial charge in [0.15, 0.2) is 12.4 Å². The normalized spacial score (nSPS) is 11.5. The highest BCUT2D eigenvalue weighted by Gasteiger charge is 2.30. The number of carbonyl (C=O) groups excluding carboxylic acids is 1. The Kier molecular flexibility index (Phi) is 5.86. The molecule has 0 aliphatic carbocycles. The highest BCUT2D eigenvalue weighted by atomic mass is 19.4. The van der Waals surface area contributed by atoms with Crippen LogP contribution in [0.25, 0.3) is 11.5 Å². The summed E-state index contributed by atoms with van der Waals surface area (Å²) < 4.78 is 48.7. The first-order valence-electron chi connectivity index (χ1n) is 8.76. The summed E-state index contributed by atoms with van der Waals surface area (Å²) in [5, 5.41) is 6.27. The van der Waals surface area contributed by atoms with Crippen molar-refractivity contribution in [3.8, 4) is 17.2 Å². The predicted molar refractivity (Wildman–Crippen MR) is 99.4 cm³/mol. The molecule has 1 heterocycles. The Labute approximate surface area is 164 Å². The number of nitrogens with one attached hydrogen (secondary N) is 1. The number of amides is 1. The van der Waals surface area contributed by atoms with Gasteiger partial charge in [-0.05, 0) is 42.5 Å². The second kappa shape index (κ2) is 8.34. The van der Waals surface area contributed by atoms with Gasteiger partial charge in [-0.1, -0.05) is 25.1 Å². The third-order valence-electron chi connectivity index (χ3n) is 3.90. The molecule has 0 spiro atoms. The Morgan fingerprint density at radius 1 is 1.17 bits per heavy atom. The molecule has 6 nitrogen and oxygen atoms in total. The van der Waals surface area contributed by atoms with Gasteiger partial charge in [0.25, 0.3) is 11.8 Å². The number of nitrogens with zero attached hydrogens (tertiary/aromatic N) is 2. The van der Waals surface area contributed by atoms with Gasteiger partial charge in [0.1, 0.15) is 5.75 Å². The Balaban J connectivity index is 1.56. The van der Waals surface area contributed by atoms with Crippen LogP contribution in [0.4, 0.5) is 18.9 Å². The van der Waals surface area contributed by atoms with Crippen molar-refractivity contribution in [2.45, 2.75) is 25.9 Å². The zero-order valence-electron chi connectivity index (χ0n) is 15.7.